The number of hydrogen-bond acceptors (Lipinski definition) is 7. The van der Waals surface area contributed by atoms with Gasteiger partial charge in [0.05, 0.1) is 12.3 Å². The molecule has 0 bridgehead atoms. The van der Waals surface area contributed by atoms with Gasteiger partial charge in [0.15, 0.2) is 0 Å². The largest absolute Gasteiger partial charge is 0.465 e. The predicted octanol–water partition coefficient (Wildman–Crippen LogP) is 2.24. The summed E-state index contributed by atoms with van der Waals surface area (Å²) in [7, 11) is 0. The van der Waals surface area contributed by atoms with E-state index in [0.29, 0.717) is 18.3 Å². The van der Waals surface area contributed by atoms with Crippen LogP contribution in [0.15, 0.2) is 47.0 Å². The number of hydrogen-bond donors (Lipinski definition) is 2. The Morgan fingerprint density at radius 3 is 2.96 bits per heavy atom. The molecule has 2 heterocycles. The molecule has 0 saturated heterocycles. The molecule has 0 fully saturated rings. The number of nitrogens with zero attached hydrogens (tertiary/aromatic N) is 4. The Bertz CT molecular complexity index is 846. The van der Waals surface area contributed by atoms with Crippen molar-refractivity contribution in [3.63, 3.8) is 0 Å². The molecule has 3 N–H and O–H groups in total. The molecule has 26 heavy (non-hydrogen) atoms. The molecule has 0 aliphatic carbocycles. The van der Waals surface area contributed by atoms with Crippen LogP contribution in [0, 0.1) is 0 Å². The van der Waals surface area contributed by atoms with Crippen molar-refractivity contribution in [2.45, 2.75) is 27.3 Å². The minimum Gasteiger partial charge on any atom is -0.465 e. The number of allylic oxidation sites excluding steroid dienone is 3. The van der Waals surface area contributed by atoms with Gasteiger partial charge in [-0.2, -0.15) is 4.98 Å². The van der Waals surface area contributed by atoms with Gasteiger partial charge in [-0.1, -0.05) is 11.6 Å². The first-order valence-electron chi connectivity index (χ1n) is 8.33. The van der Waals surface area contributed by atoms with E-state index in [1.165, 1.54) is 18.0 Å². The Hall–Kier alpha value is -3.16. The SMILES string of the molecule is CCOC(=O)CN=CC(=CN)Nc1ncc2ccn(CC=C(C)C)c2n1. The van der Waals surface area contributed by atoms with Crippen LogP contribution in [0.3, 0.4) is 0 Å². The summed E-state index contributed by atoms with van der Waals surface area (Å²) in [5, 5.41) is 3.94. The van der Waals surface area contributed by atoms with Crippen molar-refractivity contribution >= 4 is 29.2 Å². The van der Waals surface area contributed by atoms with Crippen LogP contribution in [0.1, 0.15) is 20.8 Å². The highest BCUT2D eigenvalue weighted by molar-refractivity contribution is 5.85. The van der Waals surface area contributed by atoms with Crippen LogP contribution in [0.2, 0.25) is 0 Å². The summed E-state index contributed by atoms with van der Waals surface area (Å²) in [4.78, 5) is 24.1. The van der Waals surface area contributed by atoms with Gasteiger partial charge in [0, 0.05) is 36.7 Å². The van der Waals surface area contributed by atoms with Gasteiger partial charge in [-0.15, -0.1) is 0 Å². The Morgan fingerprint density at radius 1 is 1.46 bits per heavy atom. The summed E-state index contributed by atoms with van der Waals surface area (Å²) < 4.78 is 6.85. The van der Waals surface area contributed by atoms with Crippen molar-refractivity contribution in [2.75, 3.05) is 18.5 Å². The van der Waals surface area contributed by atoms with Gasteiger partial charge >= 0.3 is 5.97 Å². The number of carbonyl (C=O) groups excluding carboxylic acids is 1. The molecule has 0 radical (unpaired) electrons. The molecule has 0 aromatic carbocycles. The third-order valence-corrected chi connectivity index (χ3v) is 3.39. The summed E-state index contributed by atoms with van der Waals surface area (Å²) in [6.45, 7) is 6.85. The molecule has 2 rings (SSSR count). The van der Waals surface area contributed by atoms with E-state index in [-0.39, 0.29) is 6.54 Å². The lowest BCUT2D eigenvalue weighted by atomic mass is 10.3. The maximum Gasteiger partial charge on any atom is 0.327 e. The molecule has 0 saturated carbocycles. The molecule has 2 aromatic heterocycles. The number of ether oxygens (including phenoxy) is 1. The fourth-order valence-corrected chi connectivity index (χ4v) is 2.13. The number of nitrogens with two attached hydrogens (primary N) is 1. The molecule has 0 aliphatic heterocycles. The van der Waals surface area contributed by atoms with Crippen LogP contribution in [0.5, 0.6) is 0 Å². The Morgan fingerprint density at radius 2 is 2.27 bits per heavy atom. The quantitative estimate of drug-likeness (QED) is 0.427. The minimum atomic E-state index is -0.394. The number of nitrogens with one attached hydrogen (secondary N) is 1. The highest BCUT2D eigenvalue weighted by Gasteiger charge is 2.06. The zero-order valence-corrected chi connectivity index (χ0v) is 15.3. The van der Waals surface area contributed by atoms with Gasteiger partial charge in [-0.25, -0.2) is 4.98 Å². The molecule has 0 unspecified atom stereocenters. The predicted molar refractivity (Wildman–Crippen MR) is 103 cm³/mol. The van der Waals surface area contributed by atoms with E-state index in [1.807, 2.05) is 16.8 Å². The topological polar surface area (TPSA) is 107 Å². The van der Waals surface area contributed by atoms with Crippen molar-refractivity contribution in [3.05, 3.63) is 42.0 Å². The average molecular weight is 356 g/mol. The normalized spacial score (nSPS) is 11.7. The van der Waals surface area contributed by atoms with Gasteiger partial charge in [0.25, 0.3) is 0 Å². The van der Waals surface area contributed by atoms with Crippen molar-refractivity contribution in [1.29, 1.82) is 0 Å². The zero-order valence-electron chi connectivity index (χ0n) is 15.3. The average Bonchev–Trinajstić information content (AvgIpc) is 3.01. The summed E-state index contributed by atoms with van der Waals surface area (Å²) in [6, 6.07) is 1.97. The van der Waals surface area contributed by atoms with E-state index >= 15 is 0 Å². The summed E-state index contributed by atoms with van der Waals surface area (Å²) in [5.41, 5.74) is 8.14. The zero-order chi connectivity index (χ0) is 18.9. The molecule has 0 amide bonds. The lowest BCUT2D eigenvalue weighted by Gasteiger charge is -2.06. The molecule has 8 nitrogen and oxygen atoms in total. The maximum atomic E-state index is 11.3. The van der Waals surface area contributed by atoms with Crippen molar-refractivity contribution < 1.29 is 9.53 Å². The van der Waals surface area contributed by atoms with Crippen LogP contribution in [0.25, 0.3) is 11.0 Å². The molecule has 0 atom stereocenters. The maximum absolute atomic E-state index is 11.3. The molecule has 0 spiro atoms. The van der Waals surface area contributed by atoms with Crippen molar-refractivity contribution in [1.82, 2.24) is 14.5 Å². The molecule has 138 valence electrons. The second-order valence-electron chi connectivity index (χ2n) is 5.74. The van der Waals surface area contributed by atoms with Crippen LogP contribution in [-0.4, -0.2) is 39.9 Å². The van der Waals surface area contributed by atoms with Crippen LogP contribution >= 0.6 is 0 Å². The number of fused-ring (bicyclic) bond motifs is 1. The second-order valence-corrected chi connectivity index (χ2v) is 5.74. The lowest BCUT2D eigenvalue weighted by molar-refractivity contribution is -0.141. The highest BCUT2D eigenvalue weighted by Crippen LogP contribution is 2.15. The molecular formula is C18H24N6O2. The van der Waals surface area contributed by atoms with Gasteiger partial charge in [-0.3, -0.25) is 9.79 Å². The highest BCUT2D eigenvalue weighted by atomic mass is 16.5. The fourth-order valence-electron chi connectivity index (χ4n) is 2.13. The van der Waals surface area contributed by atoms with E-state index in [0.717, 1.165) is 17.6 Å². The van der Waals surface area contributed by atoms with Gasteiger partial charge < -0.3 is 20.4 Å². The minimum absolute atomic E-state index is 0.0711. The van der Waals surface area contributed by atoms with E-state index < -0.39 is 5.97 Å². The number of esters is 1. The van der Waals surface area contributed by atoms with Crippen molar-refractivity contribution in [2.24, 2.45) is 10.7 Å². The Balaban J connectivity index is 2.11. The molecule has 2 aromatic rings. The lowest BCUT2D eigenvalue weighted by Crippen LogP contribution is -2.10. The summed E-state index contributed by atoms with van der Waals surface area (Å²) in [5.74, 6) is 0.00354. The molecular weight excluding hydrogens is 332 g/mol. The van der Waals surface area contributed by atoms with E-state index in [1.54, 1.807) is 13.1 Å². The molecule has 8 heteroatoms. The van der Waals surface area contributed by atoms with Gasteiger partial charge in [-0.05, 0) is 26.8 Å². The van der Waals surface area contributed by atoms with Crippen LogP contribution in [-0.2, 0) is 16.1 Å². The number of carbonyl (C=O) groups is 1. The molecule has 0 aliphatic rings. The number of anilines is 1. The third-order valence-electron chi connectivity index (χ3n) is 3.39. The number of aromatic nitrogens is 3. The first kappa shape index (κ1) is 19.2. The summed E-state index contributed by atoms with van der Waals surface area (Å²) in [6.07, 6.45) is 8.63. The summed E-state index contributed by atoms with van der Waals surface area (Å²) >= 11 is 0. The first-order valence-corrected chi connectivity index (χ1v) is 8.33. The first-order chi connectivity index (χ1) is 12.5. The third kappa shape index (κ3) is 5.44. The van der Waals surface area contributed by atoms with E-state index in [2.05, 4.69) is 40.2 Å². The smallest absolute Gasteiger partial charge is 0.327 e. The fraction of sp³-hybridized carbons (Fsp3) is 0.333. The van der Waals surface area contributed by atoms with Gasteiger partial charge in [0.1, 0.15) is 12.2 Å². The number of rotatable bonds is 8. The number of aliphatic imine (C=N–C) groups is 1. The Kier molecular flexibility index (Phi) is 6.90. The van der Waals surface area contributed by atoms with Crippen LogP contribution < -0.4 is 11.1 Å². The van der Waals surface area contributed by atoms with Gasteiger partial charge in [0.2, 0.25) is 5.95 Å². The van der Waals surface area contributed by atoms with Crippen LogP contribution in [0.4, 0.5) is 5.95 Å². The Labute approximate surface area is 152 Å². The van der Waals surface area contributed by atoms with Crippen molar-refractivity contribution in [3.8, 4) is 0 Å². The van der Waals surface area contributed by atoms with E-state index in [9.17, 15) is 4.79 Å². The second kappa shape index (κ2) is 9.36. The van der Waals surface area contributed by atoms with E-state index in [4.69, 9.17) is 10.5 Å². The monoisotopic (exact) mass is 356 g/mol. The standard InChI is InChI=1S/C18H24N6O2/c1-4-26-16(25)12-20-11-15(9-19)22-18-21-10-14-6-8-24(17(14)23-18)7-5-13(2)3/h5-6,8-11H,4,7,12,19H2,1-3H3,(H,21,22,23).